The van der Waals surface area contributed by atoms with Gasteiger partial charge in [-0.1, -0.05) is 24.3 Å². The Morgan fingerprint density at radius 3 is 2.54 bits per heavy atom. The Hall–Kier alpha value is -4.57. The maximum atomic E-state index is 13.0. The predicted molar refractivity (Wildman–Crippen MR) is 147 cm³/mol. The van der Waals surface area contributed by atoms with Crippen LogP contribution in [0.4, 0.5) is 5.82 Å². The Labute approximate surface area is 225 Å². The van der Waals surface area contributed by atoms with Crippen LogP contribution >= 0.6 is 0 Å². The Morgan fingerprint density at radius 2 is 1.85 bits per heavy atom. The summed E-state index contributed by atoms with van der Waals surface area (Å²) in [6.45, 7) is 0. The molecule has 5 aromatic rings. The largest absolute Gasteiger partial charge is 0.463 e. The molecule has 9 nitrogen and oxygen atoms in total. The van der Waals surface area contributed by atoms with Crippen LogP contribution in [0, 0.1) is 0 Å². The lowest BCUT2D eigenvalue weighted by Gasteiger charge is -2.13. The van der Waals surface area contributed by atoms with Crippen molar-refractivity contribution in [3.8, 4) is 22.8 Å². The van der Waals surface area contributed by atoms with Crippen molar-refractivity contribution in [3.05, 3.63) is 108 Å². The molecule has 1 unspecified atom stereocenters. The fraction of sp³-hybridized carbons (Fsp3) is 0.172. The number of sulfone groups is 1. The second-order valence-electron chi connectivity index (χ2n) is 9.42. The number of aromatic nitrogens is 4. The van der Waals surface area contributed by atoms with E-state index in [0.717, 1.165) is 11.1 Å². The average Bonchev–Trinajstić information content (AvgIpc) is 3.69. The average molecular weight is 540 g/mol. The fourth-order valence-corrected chi connectivity index (χ4v) is 6.60. The van der Waals surface area contributed by atoms with Crippen LogP contribution in [0.1, 0.15) is 33.9 Å². The van der Waals surface area contributed by atoms with Crippen LogP contribution in [0.3, 0.4) is 0 Å². The lowest BCUT2D eigenvalue weighted by atomic mass is 9.98. The molecule has 1 aliphatic rings. The molecule has 0 aliphatic carbocycles. The van der Waals surface area contributed by atoms with Gasteiger partial charge >= 0.3 is 0 Å². The van der Waals surface area contributed by atoms with E-state index in [1.165, 1.54) is 0 Å². The van der Waals surface area contributed by atoms with Crippen molar-refractivity contribution in [1.82, 2.24) is 19.7 Å². The number of anilines is 1. The number of amides is 1. The molecule has 39 heavy (non-hydrogen) atoms. The van der Waals surface area contributed by atoms with Crippen molar-refractivity contribution >= 4 is 21.6 Å². The van der Waals surface area contributed by atoms with E-state index >= 15 is 0 Å². The normalized spacial score (nSPS) is 16.3. The highest BCUT2D eigenvalue weighted by Gasteiger charge is 2.34. The van der Waals surface area contributed by atoms with Crippen LogP contribution in [0.5, 0.6) is 0 Å². The highest BCUT2D eigenvalue weighted by molar-refractivity contribution is 7.91. The molecule has 1 atom stereocenters. The van der Waals surface area contributed by atoms with Gasteiger partial charge in [-0.15, -0.1) is 0 Å². The van der Waals surface area contributed by atoms with Crippen molar-refractivity contribution in [3.63, 3.8) is 0 Å². The van der Waals surface area contributed by atoms with E-state index in [2.05, 4.69) is 15.3 Å². The van der Waals surface area contributed by atoms with Gasteiger partial charge in [-0.2, -0.15) is 5.10 Å². The van der Waals surface area contributed by atoms with E-state index < -0.39 is 9.84 Å². The van der Waals surface area contributed by atoms with E-state index in [4.69, 9.17) is 9.52 Å². The second-order valence-corrected chi connectivity index (χ2v) is 11.6. The minimum Gasteiger partial charge on any atom is -0.463 e. The molecule has 4 aromatic heterocycles. The van der Waals surface area contributed by atoms with Crippen molar-refractivity contribution < 1.29 is 17.6 Å². The molecule has 0 saturated carbocycles. The summed E-state index contributed by atoms with van der Waals surface area (Å²) < 4.78 is 32.4. The predicted octanol–water partition coefficient (Wildman–Crippen LogP) is 4.80. The van der Waals surface area contributed by atoms with Gasteiger partial charge in [0.1, 0.15) is 17.2 Å². The van der Waals surface area contributed by atoms with Gasteiger partial charge in [0.2, 0.25) is 0 Å². The van der Waals surface area contributed by atoms with Gasteiger partial charge < -0.3 is 9.73 Å². The van der Waals surface area contributed by atoms with Gasteiger partial charge in [0.05, 0.1) is 29.5 Å². The van der Waals surface area contributed by atoms with Gasteiger partial charge in [-0.3, -0.25) is 14.5 Å². The summed E-state index contributed by atoms with van der Waals surface area (Å²) in [6.07, 6.45) is 5.81. The summed E-state index contributed by atoms with van der Waals surface area (Å²) in [5.74, 6) is 0.939. The Bertz CT molecular complexity index is 1720. The van der Waals surface area contributed by atoms with E-state index in [1.54, 1.807) is 47.6 Å². The minimum absolute atomic E-state index is 0.0205. The lowest BCUT2D eigenvalue weighted by molar-refractivity contribution is 0.102. The standard InChI is InChI=1S/C29H25N5O4S/c35-29(32-26-11-2-4-14-31-26)21-8-5-7-20(17-21)18-23-27(24-9-1-3-13-30-24)33-34(22-12-16-39(36,37)19-22)28(23)25-10-6-15-38-25/h1-11,13-15,17,22H,12,16,18-19H2,(H,31,32,35). The third-order valence-corrected chi connectivity index (χ3v) is 8.45. The first-order valence-corrected chi connectivity index (χ1v) is 14.4. The van der Waals surface area contributed by atoms with Gasteiger partial charge in [-0.25, -0.2) is 13.4 Å². The summed E-state index contributed by atoms with van der Waals surface area (Å²) in [4.78, 5) is 21.7. The molecule has 1 saturated heterocycles. The molecule has 1 amide bonds. The smallest absolute Gasteiger partial charge is 0.256 e. The fourth-order valence-electron chi connectivity index (χ4n) is 4.90. The number of pyridine rings is 2. The van der Waals surface area contributed by atoms with Crippen molar-refractivity contribution in [2.45, 2.75) is 18.9 Å². The number of hydrogen-bond donors (Lipinski definition) is 1. The first-order valence-electron chi connectivity index (χ1n) is 12.6. The zero-order valence-corrected chi connectivity index (χ0v) is 21.7. The van der Waals surface area contributed by atoms with E-state index in [9.17, 15) is 13.2 Å². The molecule has 5 heterocycles. The van der Waals surface area contributed by atoms with Gasteiger partial charge in [0.15, 0.2) is 15.6 Å². The molecule has 1 aliphatic heterocycles. The summed E-state index contributed by atoms with van der Waals surface area (Å²) in [7, 11) is -3.15. The molecule has 0 spiro atoms. The SMILES string of the molecule is O=C(Nc1ccccn1)c1cccc(Cc2c(-c3ccccn3)nn(C3CCS(=O)(=O)C3)c2-c2ccco2)c1. The maximum absolute atomic E-state index is 13.0. The summed E-state index contributed by atoms with van der Waals surface area (Å²) in [5, 5.41) is 7.76. The highest BCUT2D eigenvalue weighted by atomic mass is 32.2. The Kier molecular flexibility index (Phi) is 6.54. The van der Waals surface area contributed by atoms with Gasteiger partial charge in [-0.05, 0) is 60.5 Å². The second kappa shape index (κ2) is 10.3. The summed E-state index contributed by atoms with van der Waals surface area (Å²) in [5.41, 5.74) is 4.25. The van der Waals surface area contributed by atoms with Crippen LogP contribution in [0.25, 0.3) is 22.8 Å². The van der Waals surface area contributed by atoms with Crippen LogP contribution in [0.2, 0.25) is 0 Å². The molecule has 6 rings (SSSR count). The van der Waals surface area contributed by atoms with Gasteiger partial charge in [0.25, 0.3) is 5.91 Å². The van der Waals surface area contributed by atoms with Crippen molar-refractivity contribution in [1.29, 1.82) is 0 Å². The molecular formula is C29H25N5O4S. The van der Waals surface area contributed by atoms with E-state index in [0.29, 0.717) is 47.1 Å². The van der Waals surface area contributed by atoms with Gasteiger partial charge in [0, 0.05) is 29.9 Å². The number of carbonyl (C=O) groups excluding carboxylic acids is 1. The summed E-state index contributed by atoms with van der Waals surface area (Å²) >= 11 is 0. The Morgan fingerprint density at radius 1 is 1.00 bits per heavy atom. The number of carbonyl (C=O) groups is 1. The number of nitrogens with zero attached hydrogens (tertiary/aromatic N) is 4. The number of furan rings is 1. The molecule has 196 valence electrons. The maximum Gasteiger partial charge on any atom is 0.256 e. The third-order valence-electron chi connectivity index (χ3n) is 6.70. The first-order chi connectivity index (χ1) is 19.0. The summed E-state index contributed by atoms with van der Waals surface area (Å²) in [6, 6.07) is 21.6. The van der Waals surface area contributed by atoms with Crippen LogP contribution in [-0.4, -0.2) is 45.6 Å². The number of hydrogen-bond acceptors (Lipinski definition) is 7. The molecule has 0 bridgehead atoms. The van der Waals surface area contributed by atoms with Crippen molar-refractivity contribution in [2.75, 3.05) is 16.8 Å². The van der Waals surface area contributed by atoms with Crippen LogP contribution in [-0.2, 0) is 16.3 Å². The molecule has 1 aromatic carbocycles. The zero-order valence-electron chi connectivity index (χ0n) is 20.9. The number of benzene rings is 1. The van der Waals surface area contributed by atoms with Crippen LogP contribution in [0.15, 0.2) is 95.9 Å². The highest BCUT2D eigenvalue weighted by Crippen LogP contribution is 2.38. The molecule has 10 heteroatoms. The lowest BCUT2D eigenvalue weighted by Crippen LogP contribution is -2.14. The monoisotopic (exact) mass is 539 g/mol. The minimum atomic E-state index is -3.15. The molecular weight excluding hydrogens is 514 g/mol. The number of rotatable bonds is 7. The van der Waals surface area contributed by atoms with E-state index in [-0.39, 0.29) is 23.5 Å². The Balaban J connectivity index is 1.43. The number of nitrogens with one attached hydrogen (secondary N) is 1. The quantitative estimate of drug-likeness (QED) is 0.315. The molecule has 1 N–H and O–H groups in total. The zero-order chi connectivity index (χ0) is 26.8. The molecule has 1 fully saturated rings. The van der Waals surface area contributed by atoms with Crippen molar-refractivity contribution in [2.24, 2.45) is 0 Å². The topological polar surface area (TPSA) is 120 Å². The van der Waals surface area contributed by atoms with Crippen LogP contribution < -0.4 is 5.32 Å². The third kappa shape index (κ3) is 5.23. The first kappa shape index (κ1) is 24.7. The molecule has 0 radical (unpaired) electrons. The van der Waals surface area contributed by atoms with E-state index in [1.807, 2.05) is 48.5 Å².